The molecule has 0 saturated heterocycles. The maximum Gasteiger partial charge on any atom is 0.356 e. The maximum atomic E-state index is 12.9. The molecule has 0 fully saturated rings. The molecule has 4 aromatic rings. The first-order valence-electron chi connectivity index (χ1n) is 13.8. The highest BCUT2D eigenvalue weighted by Gasteiger charge is 2.35. The first kappa shape index (κ1) is 36.7. The molecule has 46 heavy (non-hydrogen) atoms. The predicted octanol–water partition coefficient (Wildman–Crippen LogP) is 6.54. The number of hydrogen-bond acceptors (Lipinski definition) is 8. The van der Waals surface area contributed by atoms with Gasteiger partial charge >= 0.3 is 5.97 Å². The van der Waals surface area contributed by atoms with Crippen LogP contribution in [0.5, 0.6) is 0 Å². The summed E-state index contributed by atoms with van der Waals surface area (Å²) in [6.07, 6.45) is 4.33. The molecule has 2 aromatic carbocycles. The normalized spacial score (nSPS) is 13.6. The van der Waals surface area contributed by atoms with Crippen LogP contribution >= 0.6 is 15.9 Å². The number of ketones is 2. The van der Waals surface area contributed by atoms with Crippen molar-refractivity contribution in [2.24, 2.45) is 0 Å². The summed E-state index contributed by atoms with van der Waals surface area (Å²) in [4.78, 5) is 36.2. The number of carbonyl (C=O) groups is 3. The third-order valence-electron chi connectivity index (χ3n) is 7.52. The van der Waals surface area contributed by atoms with E-state index in [1.807, 2.05) is 13.8 Å². The fraction of sp³-hybridized carbons (Fsp3) is 0.303. The van der Waals surface area contributed by atoms with Gasteiger partial charge in [0, 0.05) is 36.4 Å². The van der Waals surface area contributed by atoms with E-state index in [2.05, 4.69) is 15.9 Å². The Labute approximate surface area is 278 Å². The van der Waals surface area contributed by atoms with Crippen LogP contribution in [0.25, 0.3) is 0 Å². The minimum Gasteiger partial charge on any atom is -0.461 e. The predicted molar refractivity (Wildman–Crippen MR) is 179 cm³/mol. The van der Waals surface area contributed by atoms with Gasteiger partial charge in [-0.3, -0.25) is 9.59 Å². The Morgan fingerprint density at radius 3 is 1.59 bits per heavy atom. The van der Waals surface area contributed by atoms with Gasteiger partial charge in [-0.15, -0.1) is 0 Å². The minimum absolute atomic E-state index is 0. The number of ether oxygens (including phenoxy) is 1. The molecule has 0 radical (unpaired) electrons. The first-order chi connectivity index (χ1) is 20.8. The monoisotopic (exact) mass is 732 g/mol. The number of carbonyl (C=O) groups excluding carboxylic acids is 3. The van der Waals surface area contributed by atoms with Gasteiger partial charge in [-0.25, -0.2) is 29.6 Å². The van der Waals surface area contributed by atoms with E-state index in [-0.39, 0.29) is 60.5 Å². The number of aromatic nitrogens is 2. The van der Waals surface area contributed by atoms with E-state index < -0.39 is 26.0 Å². The van der Waals surface area contributed by atoms with Crippen LogP contribution in [0.15, 0.2) is 75.3 Å². The number of Topliss-reactive ketones (excluding diaryl/α,β-unsaturated/α-hetero) is 2. The summed E-state index contributed by atoms with van der Waals surface area (Å²) >= 11 is 3.31. The van der Waals surface area contributed by atoms with Gasteiger partial charge in [-0.05, 0) is 84.9 Å². The molecule has 13 heteroatoms. The van der Waals surface area contributed by atoms with Crippen LogP contribution in [0.1, 0.15) is 88.1 Å². The number of benzene rings is 2. The van der Waals surface area contributed by atoms with E-state index in [1.54, 1.807) is 43.3 Å². The Balaban J connectivity index is 0.000000243. The molecular weight excluding hydrogens is 696 g/mol. The number of fused-ring (bicyclic) bond motifs is 2. The van der Waals surface area contributed by atoms with Crippen molar-refractivity contribution < 1.29 is 36.0 Å². The van der Waals surface area contributed by atoms with Crippen molar-refractivity contribution >= 4 is 53.5 Å². The third-order valence-corrected chi connectivity index (χ3v) is 12.0. The second kappa shape index (κ2) is 13.9. The van der Waals surface area contributed by atoms with Crippen LogP contribution in [0.4, 0.5) is 0 Å². The van der Waals surface area contributed by atoms with Crippen molar-refractivity contribution in [2.45, 2.75) is 71.1 Å². The molecule has 0 atom stereocenters. The van der Waals surface area contributed by atoms with Gasteiger partial charge in [0.15, 0.2) is 11.6 Å². The van der Waals surface area contributed by atoms with E-state index in [9.17, 15) is 31.2 Å². The number of nitrogens with zero attached hydrogens (tertiary/aromatic N) is 2. The largest absolute Gasteiger partial charge is 0.461 e. The number of aryl methyl sites for hydroxylation is 2. The highest BCUT2D eigenvalue weighted by atomic mass is 79.9. The summed E-state index contributed by atoms with van der Waals surface area (Å²) in [6, 6.07) is 13.0. The molecule has 246 valence electrons. The van der Waals surface area contributed by atoms with Gasteiger partial charge in [0.05, 0.1) is 16.4 Å². The van der Waals surface area contributed by atoms with E-state index in [0.717, 1.165) is 24.6 Å². The van der Waals surface area contributed by atoms with Crippen LogP contribution in [0, 0.1) is 13.8 Å². The van der Waals surface area contributed by atoms with Crippen molar-refractivity contribution in [1.29, 1.82) is 0 Å². The van der Waals surface area contributed by atoms with E-state index in [1.165, 1.54) is 24.5 Å². The Bertz CT molecular complexity index is 2020. The van der Waals surface area contributed by atoms with Gasteiger partial charge < -0.3 is 4.74 Å². The average molecular weight is 734 g/mol. The summed E-state index contributed by atoms with van der Waals surface area (Å²) in [5.74, 6) is -0.893. The summed E-state index contributed by atoms with van der Waals surface area (Å²) in [7, 11) is -7.66. The summed E-state index contributed by atoms with van der Waals surface area (Å²) in [5, 5.41) is 0. The molecule has 0 amide bonds. The van der Waals surface area contributed by atoms with E-state index >= 15 is 0 Å². The molecule has 0 spiro atoms. The maximum absolute atomic E-state index is 12.9. The molecule has 2 heterocycles. The van der Waals surface area contributed by atoms with E-state index in [4.69, 9.17) is 4.74 Å². The average Bonchev–Trinajstić information content (AvgIpc) is 3.73. The van der Waals surface area contributed by atoms with Gasteiger partial charge in [0.25, 0.3) is 20.0 Å². The zero-order chi connectivity index (χ0) is 32.0. The van der Waals surface area contributed by atoms with Gasteiger partial charge in [0.2, 0.25) is 0 Å². The van der Waals surface area contributed by atoms with Crippen LogP contribution in [-0.4, -0.2) is 48.9 Å². The van der Waals surface area contributed by atoms with E-state index in [0.29, 0.717) is 35.0 Å². The topological polar surface area (TPSA) is 139 Å². The van der Waals surface area contributed by atoms with Gasteiger partial charge in [-0.1, -0.05) is 50.2 Å². The van der Waals surface area contributed by atoms with Crippen LogP contribution in [0.2, 0.25) is 0 Å². The van der Waals surface area contributed by atoms with Crippen molar-refractivity contribution in [1.82, 2.24) is 7.94 Å². The van der Waals surface area contributed by atoms with Crippen molar-refractivity contribution in [3.8, 4) is 0 Å². The smallest absolute Gasteiger partial charge is 0.356 e. The standard InChI is InChI=1S/C17H17NO5S.C14H12BrNO3S.2CH4/c1-3-23-17(20)16-13-8-9-15(19)14(13)10-18(16)24(21,22)12-6-4-11(2)5-7-12;1-9-2-4-10(5-3-9)20(18,19)16-8-12-11(14(16)15)6-7-13(12)17;;/h4-7,10H,3,8-9H2,1-2H3;2-5,8H,6-7H2,1H3;2*1H4. The van der Waals surface area contributed by atoms with Crippen LogP contribution < -0.4 is 0 Å². The zero-order valence-corrected chi connectivity index (χ0v) is 27.4. The summed E-state index contributed by atoms with van der Waals surface area (Å²) in [5.41, 5.74) is 3.87. The second-order valence-electron chi connectivity index (χ2n) is 10.5. The highest BCUT2D eigenvalue weighted by Crippen LogP contribution is 2.34. The first-order valence-corrected chi connectivity index (χ1v) is 17.5. The summed E-state index contributed by atoms with van der Waals surface area (Å²) < 4.78 is 58.6. The van der Waals surface area contributed by atoms with Crippen molar-refractivity contribution in [3.05, 3.63) is 105 Å². The SMILES string of the molecule is C.C.CCOC(=O)c1c2c(cn1S(=O)(=O)c1ccc(C)cc1)C(=O)CC2.Cc1ccc(S(=O)(=O)n2cc3c(c2Br)CCC3=O)cc1. The molecule has 0 unspecified atom stereocenters. The third kappa shape index (κ3) is 6.53. The lowest BCUT2D eigenvalue weighted by Gasteiger charge is -2.11. The Morgan fingerprint density at radius 2 is 1.13 bits per heavy atom. The van der Waals surface area contributed by atoms with Crippen LogP contribution in [-0.2, 0) is 37.6 Å². The van der Waals surface area contributed by atoms with Crippen LogP contribution in [0.3, 0.4) is 0 Å². The minimum atomic E-state index is -3.99. The fourth-order valence-electron chi connectivity index (χ4n) is 5.16. The molecule has 0 N–H and O–H groups in total. The summed E-state index contributed by atoms with van der Waals surface area (Å²) in [6.45, 7) is 5.51. The highest BCUT2D eigenvalue weighted by molar-refractivity contribution is 9.10. The van der Waals surface area contributed by atoms with Gasteiger partial charge in [-0.2, -0.15) is 0 Å². The lowest BCUT2D eigenvalue weighted by atomic mass is 10.2. The molecule has 10 nitrogen and oxygen atoms in total. The Morgan fingerprint density at radius 1 is 0.717 bits per heavy atom. The quantitative estimate of drug-likeness (QED) is 0.204. The molecule has 0 aliphatic heterocycles. The van der Waals surface area contributed by atoms with Gasteiger partial charge in [0.1, 0.15) is 10.3 Å². The lowest BCUT2D eigenvalue weighted by molar-refractivity contribution is 0.0516. The molecule has 2 aliphatic carbocycles. The Kier molecular flexibility index (Phi) is 11.1. The second-order valence-corrected chi connectivity index (χ2v) is 14.9. The fourth-order valence-corrected chi connectivity index (χ4v) is 8.89. The van der Waals surface area contributed by atoms with Crippen molar-refractivity contribution in [2.75, 3.05) is 6.61 Å². The number of esters is 1. The molecular formula is C33H37BrN2O8S2. The zero-order valence-electron chi connectivity index (χ0n) is 24.2. The lowest BCUT2D eigenvalue weighted by Crippen LogP contribution is -2.20. The molecule has 0 bridgehead atoms. The Hall–Kier alpha value is -3.81. The molecule has 6 rings (SSSR count). The number of halogens is 1. The molecule has 2 aromatic heterocycles. The van der Waals surface area contributed by atoms with Crippen molar-refractivity contribution in [3.63, 3.8) is 0 Å². The molecule has 2 aliphatic rings. The number of hydrogen-bond donors (Lipinski definition) is 0. The number of rotatable bonds is 6. The molecule has 0 saturated carbocycles.